The molecular formula is C38H31N3O6. The fourth-order valence-electron chi connectivity index (χ4n) is 5.83. The van der Waals surface area contributed by atoms with Gasteiger partial charge in [0, 0.05) is 22.8 Å². The minimum absolute atomic E-state index is 0.170. The maximum atomic E-state index is 13.3. The van der Waals surface area contributed by atoms with Gasteiger partial charge in [-0.2, -0.15) is 0 Å². The number of aromatic amines is 1. The molecular weight excluding hydrogens is 594 g/mol. The quantitative estimate of drug-likeness (QED) is 0.153. The largest absolute Gasteiger partial charge is 0.497 e. The van der Waals surface area contributed by atoms with Crippen molar-refractivity contribution in [3.63, 3.8) is 0 Å². The summed E-state index contributed by atoms with van der Waals surface area (Å²) in [6, 6.07) is 31.5. The number of methoxy groups -OCH3 is 2. The number of fused-ring (bicyclic) bond motifs is 2. The van der Waals surface area contributed by atoms with Crippen molar-refractivity contribution in [3.8, 4) is 34.4 Å². The summed E-state index contributed by atoms with van der Waals surface area (Å²) >= 11 is 0. The van der Waals surface area contributed by atoms with Crippen molar-refractivity contribution in [2.24, 2.45) is 5.92 Å². The fraction of sp³-hybridized carbons (Fsp3) is 0.158. The first kappa shape index (κ1) is 29.7. The molecule has 1 N–H and O–H groups in total. The maximum Gasteiger partial charge on any atom is 0.214 e. The van der Waals surface area contributed by atoms with Crippen molar-refractivity contribution < 1.29 is 28.5 Å². The van der Waals surface area contributed by atoms with E-state index in [-0.39, 0.29) is 24.6 Å². The van der Waals surface area contributed by atoms with Gasteiger partial charge >= 0.3 is 0 Å². The molecule has 7 rings (SSSR count). The number of ether oxygens (including phenoxy) is 4. The number of imidazole rings is 1. The first-order chi connectivity index (χ1) is 23.0. The molecule has 0 bridgehead atoms. The van der Waals surface area contributed by atoms with Gasteiger partial charge in [0.25, 0.3) is 0 Å². The van der Waals surface area contributed by atoms with Gasteiger partial charge in [0.15, 0.2) is 11.6 Å². The van der Waals surface area contributed by atoms with Crippen molar-refractivity contribution in [1.29, 1.82) is 0 Å². The Morgan fingerprint density at radius 3 is 2.06 bits per heavy atom. The van der Waals surface area contributed by atoms with Crippen LogP contribution in [0.2, 0.25) is 0 Å². The van der Waals surface area contributed by atoms with Crippen LogP contribution in [0.25, 0.3) is 22.3 Å². The van der Waals surface area contributed by atoms with E-state index in [2.05, 4.69) is 4.98 Å². The molecule has 0 aliphatic heterocycles. The molecule has 2 aromatic heterocycles. The van der Waals surface area contributed by atoms with Crippen LogP contribution in [0.15, 0.2) is 103 Å². The molecule has 1 aliphatic carbocycles. The van der Waals surface area contributed by atoms with Gasteiger partial charge in [0.1, 0.15) is 47.3 Å². The summed E-state index contributed by atoms with van der Waals surface area (Å²) in [4.78, 5) is 39.7. The first-order valence-corrected chi connectivity index (χ1v) is 15.2. The topological polar surface area (TPSA) is 113 Å². The van der Waals surface area contributed by atoms with Crippen LogP contribution in [0.1, 0.15) is 37.7 Å². The molecule has 0 fully saturated rings. The number of H-pyrrole nitrogens is 1. The lowest BCUT2D eigenvalue weighted by Crippen LogP contribution is -2.18. The van der Waals surface area contributed by atoms with Gasteiger partial charge in [-0.3, -0.25) is 9.59 Å². The number of carbonyl (C=O) groups excluding carboxylic acids is 2. The van der Waals surface area contributed by atoms with Crippen LogP contribution in [-0.4, -0.2) is 40.7 Å². The highest BCUT2D eigenvalue weighted by molar-refractivity contribution is 6.26. The third kappa shape index (κ3) is 6.03. The summed E-state index contributed by atoms with van der Waals surface area (Å²) < 4.78 is 23.0. The maximum absolute atomic E-state index is 13.3. The highest BCUT2D eigenvalue weighted by atomic mass is 16.5. The number of nitrogens with zero attached hydrogens (tertiary/aromatic N) is 2. The molecule has 0 saturated heterocycles. The zero-order chi connectivity index (χ0) is 32.3. The van der Waals surface area contributed by atoms with E-state index in [9.17, 15) is 9.59 Å². The zero-order valence-electron chi connectivity index (χ0n) is 25.9. The molecule has 0 radical (unpaired) electrons. The van der Waals surface area contributed by atoms with Gasteiger partial charge in [0.2, 0.25) is 5.88 Å². The van der Waals surface area contributed by atoms with Crippen LogP contribution >= 0.6 is 0 Å². The minimum Gasteiger partial charge on any atom is -0.497 e. The van der Waals surface area contributed by atoms with Crippen molar-refractivity contribution in [3.05, 3.63) is 131 Å². The minimum atomic E-state index is -0.812. The molecule has 0 spiro atoms. The molecule has 9 nitrogen and oxygen atoms in total. The second-order valence-corrected chi connectivity index (χ2v) is 11.2. The number of Topliss-reactive ketones (excluding diaryl/α,β-unsaturated/α-hetero) is 2. The Kier molecular flexibility index (Phi) is 8.10. The second kappa shape index (κ2) is 12.8. The Labute approximate surface area is 271 Å². The normalized spacial score (nSPS) is 12.7. The highest BCUT2D eigenvalue weighted by Gasteiger charge is 2.38. The van der Waals surface area contributed by atoms with Crippen molar-refractivity contribution in [1.82, 2.24) is 15.0 Å². The molecule has 0 atom stereocenters. The van der Waals surface area contributed by atoms with Crippen LogP contribution in [0.4, 0.5) is 0 Å². The van der Waals surface area contributed by atoms with Crippen LogP contribution in [0.5, 0.6) is 23.1 Å². The van der Waals surface area contributed by atoms with Crippen molar-refractivity contribution in [2.45, 2.75) is 19.6 Å². The number of pyridine rings is 1. The second-order valence-electron chi connectivity index (χ2n) is 11.2. The van der Waals surface area contributed by atoms with Crippen LogP contribution in [-0.2, 0) is 19.6 Å². The van der Waals surface area contributed by atoms with Gasteiger partial charge in [-0.25, -0.2) is 9.97 Å². The predicted molar refractivity (Wildman–Crippen MR) is 176 cm³/mol. The van der Waals surface area contributed by atoms with Crippen molar-refractivity contribution >= 4 is 22.6 Å². The molecule has 6 aromatic rings. The highest BCUT2D eigenvalue weighted by Crippen LogP contribution is 2.36. The molecule has 9 heteroatoms. The van der Waals surface area contributed by atoms with Gasteiger partial charge in [0.05, 0.1) is 25.8 Å². The predicted octanol–water partition coefficient (Wildman–Crippen LogP) is 7.04. The molecule has 1 aliphatic rings. The average Bonchev–Trinajstić information content (AvgIpc) is 3.65. The molecule has 4 aromatic carbocycles. The van der Waals surface area contributed by atoms with Gasteiger partial charge < -0.3 is 23.9 Å². The number of aromatic nitrogens is 3. The number of nitrogens with one attached hydrogen (secondary N) is 1. The van der Waals surface area contributed by atoms with Crippen LogP contribution in [0.3, 0.4) is 0 Å². The molecule has 0 saturated carbocycles. The number of hydrogen-bond donors (Lipinski definition) is 1. The summed E-state index contributed by atoms with van der Waals surface area (Å²) in [5.41, 5.74) is 5.31. The molecule has 47 heavy (non-hydrogen) atoms. The van der Waals surface area contributed by atoms with E-state index in [1.807, 2.05) is 72.8 Å². The van der Waals surface area contributed by atoms with Gasteiger partial charge in [-0.15, -0.1) is 0 Å². The average molecular weight is 626 g/mol. The van der Waals surface area contributed by atoms with E-state index in [1.165, 1.54) is 0 Å². The van der Waals surface area contributed by atoms with Crippen LogP contribution in [0, 0.1) is 5.92 Å². The number of hydrogen-bond acceptors (Lipinski definition) is 8. The lowest BCUT2D eigenvalue weighted by molar-refractivity contribution is 0.0838. The van der Waals surface area contributed by atoms with E-state index in [0.717, 1.165) is 22.4 Å². The van der Waals surface area contributed by atoms with Gasteiger partial charge in [-0.05, 0) is 60.0 Å². The third-order valence-corrected chi connectivity index (χ3v) is 8.21. The van der Waals surface area contributed by atoms with Crippen molar-refractivity contribution in [2.75, 3.05) is 14.2 Å². The summed E-state index contributed by atoms with van der Waals surface area (Å²) in [7, 11) is 3.22. The standard InChI is InChI=1S/C38H31N3O6/c1-44-25-12-14-26(15-13-25)46-22-33-40-35-29(16-17-32(45-2)36(35)41-33)31-19-24(20-34(39-31)47-21-23-8-4-3-5-9-23)18-30-37(42)27-10-6-7-11-28(27)38(30)43/h3-17,19-20,30H,18,21-22H2,1-2H3,(H,40,41). The number of rotatable bonds is 11. The smallest absolute Gasteiger partial charge is 0.214 e. The summed E-state index contributed by atoms with van der Waals surface area (Å²) in [6.07, 6.45) is 0.213. The number of carbonyl (C=O) groups is 2. The fourth-order valence-corrected chi connectivity index (χ4v) is 5.83. The Bertz CT molecular complexity index is 2050. The number of ketones is 2. The summed E-state index contributed by atoms with van der Waals surface area (Å²) in [5.74, 6) is 1.84. The Balaban J connectivity index is 1.24. The summed E-state index contributed by atoms with van der Waals surface area (Å²) in [5, 5.41) is 0. The molecule has 234 valence electrons. The Morgan fingerprint density at radius 1 is 0.660 bits per heavy atom. The zero-order valence-corrected chi connectivity index (χ0v) is 25.9. The lowest BCUT2D eigenvalue weighted by Gasteiger charge is -2.13. The summed E-state index contributed by atoms with van der Waals surface area (Å²) in [6.45, 7) is 0.492. The van der Waals surface area contributed by atoms with Crippen LogP contribution < -0.4 is 18.9 Å². The number of benzene rings is 4. The van der Waals surface area contributed by atoms with E-state index in [0.29, 0.717) is 57.7 Å². The molecule has 0 amide bonds. The van der Waals surface area contributed by atoms with E-state index in [1.54, 1.807) is 44.6 Å². The lowest BCUT2D eigenvalue weighted by atomic mass is 9.94. The Morgan fingerprint density at radius 2 is 1.36 bits per heavy atom. The Hall–Kier alpha value is -5.96. The monoisotopic (exact) mass is 625 g/mol. The van der Waals surface area contributed by atoms with E-state index < -0.39 is 5.92 Å². The molecule has 0 unspecified atom stereocenters. The van der Waals surface area contributed by atoms with Gasteiger partial charge in [-0.1, -0.05) is 54.6 Å². The first-order valence-electron chi connectivity index (χ1n) is 15.2. The van der Waals surface area contributed by atoms with E-state index in [4.69, 9.17) is 28.9 Å². The SMILES string of the molecule is COc1ccc(OCc2nc3c(-c4cc(CC5C(=O)c6ccccc6C5=O)cc(OCc5ccccc5)n4)ccc(OC)c3[nH]2)cc1. The van der Waals surface area contributed by atoms with E-state index >= 15 is 0 Å². The third-order valence-electron chi connectivity index (χ3n) is 8.21. The molecule has 2 heterocycles.